The summed E-state index contributed by atoms with van der Waals surface area (Å²) in [7, 11) is 1.38. The van der Waals surface area contributed by atoms with Crippen LogP contribution < -0.4 is 10.6 Å². The highest BCUT2D eigenvalue weighted by atomic mass is 16.5. The zero-order valence-electron chi connectivity index (χ0n) is 10.8. The standard InChI is InChI=1S/C13H19N3O2/c1-10-5-3-6-11(15-10)13(16-12(17)18-2)7-4-8-14-9-13/h3,5-6,14H,4,7-9H2,1-2H3,(H,16,17). The van der Waals surface area contributed by atoms with Crippen molar-refractivity contribution in [3.63, 3.8) is 0 Å². The van der Waals surface area contributed by atoms with E-state index >= 15 is 0 Å². The van der Waals surface area contributed by atoms with Gasteiger partial charge in [0.15, 0.2) is 0 Å². The molecular weight excluding hydrogens is 230 g/mol. The number of nitrogens with one attached hydrogen (secondary N) is 2. The number of carbonyl (C=O) groups excluding carboxylic acids is 1. The molecule has 1 atom stereocenters. The van der Waals surface area contributed by atoms with Crippen LogP contribution in [0.4, 0.5) is 4.79 Å². The molecule has 1 unspecified atom stereocenters. The van der Waals surface area contributed by atoms with Gasteiger partial charge >= 0.3 is 6.09 Å². The van der Waals surface area contributed by atoms with Gasteiger partial charge in [0.2, 0.25) is 0 Å². The first kappa shape index (κ1) is 12.8. The van der Waals surface area contributed by atoms with E-state index in [1.54, 1.807) is 0 Å². The van der Waals surface area contributed by atoms with Crippen molar-refractivity contribution in [1.82, 2.24) is 15.6 Å². The third kappa shape index (κ3) is 2.61. The zero-order chi connectivity index (χ0) is 13.0. The molecule has 2 N–H and O–H groups in total. The Morgan fingerprint density at radius 2 is 2.39 bits per heavy atom. The third-order valence-corrected chi connectivity index (χ3v) is 3.29. The van der Waals surface area contributed by atoms with Crippen molar-refractivity contribution in [1.29, 1.82) is 0 Å². The van der Waals surface area contributed by atoms with Crippen LogP contribution in [0.25, 0.3) is 0 Å². The average Bonchev–Trinajstić information content (AvgIpc) is 2.39. The molecule has 1 aromatic heterocycles. The Bertz CT molecular complexity index is 428. The molecule has 18 heavy (non-hydrogen) atoms. The minimum Gasteiger partial charge on any atom is -0.453 e. The van der Waals surface area contributed by atoms with Gasteiger partial charge in [0.1, 0.15) is 0 Å². The summed E-state index contributed by atoms with van der Waals surface area (Å²) >= 11 is 0. The fourth-order valence-corrected chi connectivity index (χ4v) is 2.35. The van der Waals surface area contributed by atoms with Crippen molar-refractivity contribution >= 4 is 6.09 Å². The second-order valence-electron chi connectivity index (χ2n) is 4.64. The lowest BCUT2D eigenvalue weighted by atomic mass is 9.86. The Hall–Kier alpha value is -1.62. The Labute approximate surface area is 107 Å². The number of carbonyl (C=O) groups is 1. The van der Waals surface area contributed by atoms with Crippen LogP contribution in [0.2, 0.25) is 0 Å². The number of hydrogen-bond donors (Lipinski definition) is 2. The normalized spacial score (nSPS) is 23.4. The van der Waals surface area contributed by atoms with E-state index in [0.717, 1.165) is 30.8 Å². The lowest BCUT2D eigenvalue weighted by Gasteiger charge is -2.37. The van der Waals surface area contributed by atoms with E-state index in [1.165, 1.54) is 7.11 Å². The summed E-state index contributed by atoms with van der Waals surface area (Å²) in [4.78, 5) is 16.1. The molecule has 1 fully saturated rings. The third-order valence-electron chi connectivity index (χ3n) is 3.29. The first-order valence-electron chi connectivity index (χ1n) is 6.17. The van der Waals surface area contributed by atoms with E-state index in [0.29, 0.717) is 6.54 Å². The minimum absolute atomic E-state index is 0.415. The number of ether oxygens (including phenoxy) is 1. The van der Waals surface area contributed by atoms with Gasteiger partial charge in [-0.1, -0.05) is 6.07 Å². The number of aromatic nitrogens is 1. The number of methoxy groups -OCH3 is 1. The average molecular weight is 249 g/mol. The first-order valence-corrected chi connectivity index (χ1v) is 6.17. The Morgan fingerprint density at radius 1 is 1.56 bits per heavy atom. The van der Waals surface area contributed by atoms with Crippen molar-refractivity contribution in [2.75, 3.05) is 20.2 Å². The maximum absolute atomic E-state index is 11.6. The molecule has 1 aliphatic rings. The molecule has 2 rings (SSSR count). The fourth-order valence-electron chi connectivity index (χ4n) is 2.35. The maximum atomic E-state index is 11.6. The van der Waals surface area contributed by atoms with Crippen LogP contribution in [0, 0.1) is 6.92 Å². The molecule has 0 saturated carbocycles. The molecule has 1 saturated heterocycles. The summed E-state index contributed by atoms with van der Waals surface area (Å²) < 4.78 is 4.72. The Kier molecular flexibility index (Phi) is 3.81. The fraction of sp³-hybridized carbons (Fsp3) is 0.538. The molecule has 0 bridgehead atoms. The Morgan fingerprint density at radius 3 is 3.00 bits per heavy atom. The van der Waals surface area contributed by atoms with Crippen LogP contribution in [0.5, 0.6) is 0 Å². The van der Waals surface area contributed by atoms with E-state index < -0.39 is 11.6 Å². The summed E-state index contributed by atoms with van der Waals surface area (Å²) in [5, 5.41) is 6.25. The summed E-state index contributed by atoms with van der Waals surface area (Å²) in [5.41, 5.74) is 1.38. The predicted molar refractivity (Wildman–Crippen MR) is 68.3 cm³/mol. The number of amides is 1. The van der Waals surface area contributed by atoms with Crippen LogP contribution >= 0.6 is 0 Å². The summed E-state index contributed by atoms with van der Waals surface area (Å²) in [5.74, 6) is 0. The minimum atomic E-state index is -0.461. The van der Waals surface area contributed by atoms with Gasteiger partial charge in [-0.05, 0) is 38.4 Å². The van der Waals surface area contributed by atoms with Crippen molar-refractivity contribution < 1.29 is 9.53 Å². The van der Waals surface area contributed by atoms with Crippen LogP contribution in [0.3, 0.4) is 0 Å². The lowest BCUT2D eigenvalue weighted by molar-refractivity contribution is 0.145. The molecule has 0 aromatic carbocycles. The predicted octanol–water partition coefficient (Wildman–Crippen LogP) is 1.32. The van der Waals surface area contributed by atoms with Gasteiger partial charge in [0, 0.05) is 12.2 Å². The highest BCUT2D eigenvalue weighted by Gasteiger charge is 2.37. The molecule has 1 aromatic rings. The van der Waals surface area contributed by atoms with E-state index in [1.807, 2.05) is 25.1 Å². The molecule has 5 heteroatoms. The van der Waals surface area contributed by atoms with Gasteiger partial charge < -0.3 is 15.4 Å². The van der Waals surface area contributed by atoms with E-state index in [2.05, 4.69) is 15.6 Å². The van der Waals surface area contributed by atoms with Crippen molar-refractivity contribution in [2.24, 2.45) is 0 Å². The van der Waals surface area contributed by atoms with Gasteiger partial charge in [-0.25, -0.2) is 4.79 Å². The van der Waals surface area contributed by atoms with Gasteiger partial charge in [-0.3, -0.25) is 4.98 Å². The molecule has 0 aliphatic carbocycles. The number of rotatable bonds is 2. The second kappa shape index (κ2) is 5.35. The second-order valence-corrected chi connectivity index (χ2v) is 4.64. The quantitative estimate of drug-likeness (QED) is 0.830. The van der Waals surface area contributed by atoms with E-state index in [4.69, 9.17) is 4.74 Å². The van der Waals surface area contributed by atoms with Gasteiger partial charge in [0.25, 0.3) is 0 Å². The summed E-state index contributed by atoms with van der Waals surface area (Å²) in [6.07, 6.45) is 1.45. The highest BCUT2D eigenvalue weighted by Crippen LogP contribution is 2.27. The number of nitrogens with zero attached hydrogens (tertiary/aromatic N) is 1. The molecule has 5 nitrogen and oxygen atoms in total. The number of piperidine rings is 1. The van der Waals surface area contributed by atoms with Crippen LogP contribution in [-0.4, -0.2) is 31.3 Å². The van der Waals surface area contributed by atoms with Gasteiger partial charge in [0.05, 0.1) is 18.3 Å². The van der Waals surface area contributed by atoms with Gasteiger partial charge in [-0.15, -0.1) is 0 Å². The largest absolute Gasteiger partial charge is 0.453 e. The molecule has 1 amide bonds. The number of alkyl carbamates (subject to hydrolysis) is 1. The lowest BCUT2D eigenvalue weighted by Crippen LogP contribution is -2.55. The monoisotopic (exact) mass is 249 g/mol. The smallest absolute Gasteiger partial charge is 0.407 e. The van der Waals surface area contributed by atoms with Crippen LogP contribution in [0.1, 0.15) is 24.2 Å². The summed E-state index contributed by atoms with van der Waals surface area (Å²) in [6, 6.07) is 5.87. The number of hydrogen-bond acceptors (Lipinski definition) is 4. The number of pyridine rings is 1. The van der Waals surface area contributed by atoms with Gasteiger partial charge in [-0.2, -0.15) is 0 Å². The Balaban J connectivity index is 2.31. The molecule has 2 heterocycles. The molecule has 1 aliphatic heterocycles. The first-order chi connectivity index (χ1) is 8.66. The van der Waals surface area contributed by atoms with Crippen molar-refractivity contribution in [3.05, 3.63) is 29.6 Å². The van der Waals surface area contributed by atoms with Crippen LogP contribution in [0.15, 0.2) is 18.2 Å². The molecule has 0 spiro atoms. The molecule has 0 radical (unpaired) electrons. The van der Waals surface area contributed by atoms with Crippen LogP contribution in [-0.2, 0) is 10.3 Å². The molecular formula is C13H19N3O2. The summed E-state index contributed by atoms with van der Waals surface area (Å²) in [6.45, 7) is 3.60. The number of aryl methyl sites for hydroxylation is 1. The van der Waals surface area contributed by atoms with Crippen molar-refractivity contribution in [3.8, 4) is 0 Å². The topological polar surface area (TPSA) is 63.2 Å². The highest BCUT2D eigenvalue weighted by molar-refractivity contribution is 5.68. The van der Waals surface area contributed by atoms with E-state index in [9.17, 15) is 4.79 Å². The SMILES string of the molecule is COC(=O)NC1(c2cccc(C)n2)CCCNC1. The maximum Gasteiger partial charge on any atom is 0.407 e. The van der Waals surface area contributed by atoms with E-state index in [-0.39, 0.29) is 0 Å². The van der Waals surface area contributed by atoms with Crippen molar-refractivity contribution in [2.45, 2.75) is 25.3 Å². The molecule has 98 valence electrons. The zero-order valence-corrected chi connectivity index (χ0v) is 10.8.